The van der Waals surface area contributed by atoms with E-state index in [1.165, 1.54) is 19.3 Å². The van der Waals surface area contributed by atoms with Crippen molar-refractivity contribution >= 4 is 11.9 Å². The quantitative estimate of drug-likeness (QED) is 0.496. The highest BCUT2D eigenvalue weighted by Crippen LogP contribution is 2.56. The minimum Gasteiger partial charge on any atom is -0.465 e. The number of carbonyl (C=O) groups excluding carboxylic acids is 2. The van der Waals surface area contributed by atoms with Crippen LogP contribution in [0.4, 0.5) is 0 Å². The lowest BCUT2D eigenvalue weighted by Crippen LogP contribution is -2.47. The molecule has 0 aromatic heterocycles. The van der Waals surface area contributed by atoms with Gasteiger partial charge in [-0.2, -0.15) is 0 Å². The van der Waals surface area contributed by atoms with E-state index in [1.807, 2.05) is 0 Å². The molecule has 2 aliphatic carbocycles. The van der Waals surface area contributed by atoms with E-state index in [9.17, 15) is 9.59 Å². The van der Waals surface area contributed by atoms with Crippen LogP contribution >= 0.6 is 0 Å². The molecule has 0 radical (unpaired) electrons. The second-order valence-electron chi connectivity index (χ2n) is 8.44. The van der Waals surface area contributed by atoms with Gasteiger partial charge >= 0.3 is 11.9 Å². The molecule has 4 nitrogen and oxygen atoms in total. The van der Waals surface area contributed by atoms with Gasteiger partial charge in [-0.25, -0.2) is 0 Å². The molecule has 2 aliphatic rings. The van der Waals surface area contributed by atoms with Crippen molar-refractivity contribution in [3.05, 3.63) is 0 Å². The summed E-state index contributed by atoms with van der Waals surface area (Å²) in [5.74, 6) is 0.603. The van der Waals surface area contributed by atoms with Gasteiger partial charge in [-0.15, -0.1) is 0 Å². The van der Waals surface area contributed by atoms with Crippen LogP contribution in [0.25, 0.3) is 0 Å². The van der Waals surface area contributed by atoms with E-state index >= 15 is 0 Å². The summed E-state index contributed by atoms with van der Waals surface area (Å²) >= 11 is 0. The van der Waals surface area contributed by atoms with Crippen molar-refractivity contribution in [2.45, 2.75) is 73.1 Å². The minimum absolute atomic E-state index is 0.0396. The van der Waals surface area contributed by atoms with Crippen LogP contribution in [0.2, 0.25) is 0 Å². The van der Waals surface area contributed by atoms with Gasteiger partial charge in [0.2, 0.25) is 0 Å². The lowest BCUT2D eigenvalue weighted by atomic mass is 9.53. The van der Waals surface area contributed by atoms with Crippen molar-refractivity contribution in [3.63, 3.8) is 0 Å². The summed E-state index contributed by atoms with van der Waals surface area (Å²) in [6.07, 6.45) is 7.15. The normalized spacial score (nSPS) is 33.0. The highest BCUT2D eigenvalue weighted by atomic mass is 16.6. The summed E-state index contributed by atoms with van der Waals surface area (Å²) in [6, 6.07) is 0. The van der Waals surface area contributed by atoms with E-state index in [2.05, 4.69) is 20.8 Å². The topological polar surface area (TPSA) is 52.6 Å². The highest BCUT2D eigenvalue weighted by Gasteiger charge is 2.51. The second-order valence-corrected chi connectivity index (χ2v) is 8.44. The predicted molar refractivity (Wildman–Crippen MR) is 97.9 cm³/mol. The average molecular weight is 353 g/mol. The number of fused-ring (bicyclic) bond motifs is 2. The molecule has 4 heteroatoms. The monoisotopic (exact) mass is 352 g/mol. The summed E-state index contributed by atoms with van der Waals surface area (Å²) < 4.78 is 10.5. The Hall–Kier alpha value is -1.06. The molecule has 2 saturated carbocycles. The lowest BCUT2D eigenvalue weighted by molar-refractivity contribution is -0.169. The largest absolute Gasteiger partial charge is 0.465 e. The third kappa shape index (κ3) is 4.38. The molecule has 2 fully saturated rings. The van der Waals surface area contributed by atoms with Crippen LogP contribution in [0.15, 0.2) is 0 Å². The first kappa shape index (κ1) is 20.3. The van der Waals surface area contributed by atoms with Crippen molar-refractivity contribution in [1.29, 1.82) is 0 Å². The fourth-order valence-electron chi connectivity index (χ4n) is 5.77. The molecule has 0 aliphatic heterocycles. The maximum atomic E-state index is 12.6. The van der Waals surface area contributed by atoms with Crippen molar-refractivity contribution in [2.75, 3.05) is 13.2 Å². The number of hydrogen-bond acceptors (Lipinski definition) is 4. The molecule has 3 atom stereocenters. The van der Waals surface area contributed by atoms with Crippen LogP contribution in [-0.4, -0.2) is 25.2 Å². The van der Waals surface area contributed by atoms with E-state index < -0.39 is 17.9 Å². The van der Waals surface area contributed by atoms with Crippen LogP contribution in [0, 0.1) is 35.0 Å². The Morgan fingerprint density at radius 2 is 1.44 bits per heavy atom. The maximum absolute atomic E-state index is 12.6. The summed E-state index contributed by atoms with van der Waals surface area (Å²) in [4.78, 5) is 25.2. The fourth-order valence-corrected chi connectivity index (χ4v) is 5.77. The SMILES string of the molecule is CCOC(=O)C(C(=O)OCC)C(C)C1(CC)CC2CC(C)CC(C2)C1. The Bertz CT molecular complexity index is 437. The van der Waals surface area contributed by atoms with Gasteiger partial charge in [-0.3, -0.25) is 9.59 Å². The zero-order valence-corrected chi connectivity index (χ0v) is 16.7. The third-order valence-corrected chi connectivity index (χ3v) is 6.78. The molecule has 3 unspecified atom stereocenters. The standard InChI is InChI=1S/C21H36O4/c1-6-21(12-16-9-14(4)10-17(11-16)13-21)15(5)18(19(22)24-7-2)20(23)25-8-3/h14-18H,6-13H2,1-5H3. The van der Waals surface area contributed by atoms with E-state index in [4.69, 9.17) is 9.47 Å². The molecule has 2 rings (SSSR count). The zero-order chi connectivity index (χ0) is 18.6. The Morgan fingerprint density at radius 3 is 1.84 bits per heavy atom. The molecule has 25 heavy (non-hydrogen) atoms. The molecule has 0 saturated heterocycles. The van der Waals surface area contributed by atoms with Gasteiger partial charge in [0, 0.05) is 0 Å². The van der Waals surface area contributed by atoms with E-state index in [-0.39, 0.29) is 11.3 Å². The molecule has 0 amide bonds. The van der Waals surface area contributed by atoms with E-state index in [1.54, 1.807) is 13.8 Å². The van der Waals surface area contributed by atoms with Crippen LogP contribution in [-0.2, 0) is 19.1 Å². The number of rotatable bonds is 7. The molecule has 0 N–H and O–H groups in total. The van der Waals surface area contributed by atoms with Crippen LogP contribution < -0.4 is 0 Å². The van der Waals surface area contributed by atoms with Gasteiger partial charge < -0.3 is 9.47 Å². The molecule has 2 bridgehead atoms. The van der Waals surface area contributed by atoms with Gasteiger partial charge in [0.1, 0.15) is 0 Å². The molecule has 0 spiro atoms. The lowest BCUT2D eigenvalue weighted by Gasteiger charge is -2.52. The van der Waals surface area contributed by atoms with Crippen LogP contribution in [0.5, 0.6) is 0 Å². The maximum Gasteiger partial charge on any atom is 0.320 e. The first-order chi connectivity index (χ1) is 11.9. The molecule has 0 aromatic rings. The Kier molecular flexibility index (Phi) is 6.93. The van der Waals surface area contributed by atoms with E-state index in [0.29, 0.717) is 13.2 Å². The van der Waals surface area contributed by atoms with Crippen LogP contribution in [0.1, 0.15) is 73.1 Å². The van der Waals surface area contributed by atoms with Gasteiger partial charge in [-0.1, -0.05) is 27.2 Å². The number of ether oxygens (including phenoxy) is 2. The van der Waals surface area contributed by atoms with Crippen molar-refractivity contribution < 1.29 is 19.1 Å². The first-order valence-electron chi connectivity index (χ1n) is 10.2. The number of hydrogen-bond donors (Lipinski definition) is 0. The molecule has 144 valence electrons. The highest BCUT2D eigenvalue weighted by molar-refractivity contribution is 5.95. The Morgan fingerprint density at radius 1 is 0.960 bits per heavy atom. The van der Waals surface area contributed by atoms with Gasteiger partial charge in [0.05, 0.1) is 13.2 Å². The summed E-state index contributed by atoms with van der Waals surface area (Å²) in [5.41, 5.74) is 0.0396. The van der Waals surface area contributed by atoms with E-state index in [0.717, 1.165) is 37.0 Å². The molecular formula is C21H36O4. The fraction of sp³-hybridized carbons (Fsp3) is 0.905. The van der Waals surface area contributed by atoms with Crippen LogP contribution in [0.3, 0.4) is 0 Å². The molecule has 0 heterocycles. The van der Waals surface area contributed by atoms with Gasteiger partial charge in [0.15, 0.2) is 5.92 Å². The first-order valence-corrected chi connectivity index (χ1v) is 10.2. The molecule has 0 aromatic carbocycles. The predicted octanol–water partition coefficient (Wildman–Crippen LogP) is 4.61. The van der Waals surface area contributed by atoms with Gasteiger partial charge in [-0.05, 0) is 75.0 Å². The second kappa shape index (κ2) is 8.55. The number of esters is 2. The Balaban J connectivity index is 2.26. The third-order valence-electron chi connectivity index (χ3n) is 6.78. The number of carbonyl (C=O) groups is 2. The molecular weight excluding hydrogens is 316 g/mol. The van der Waals surface area contributed by atoms with Crippen molar-refractivity contribution in [3.8, 4) is 0 Å². The average Bonchev–Trinajstić information content (AvgIpc) is 2.54. The smallest absolute Gasteiger partial charge is 0.320 e. The summed E-state index contributed by atoms with van der Waals surface area (Å²) in [5, 5.41) is 0. The van der Waals surface area contributed by atoms with Crippen molar-refractivity contribution in [1.82, 2.24) is 0 Å². The minimum atomic E-state index is -0.795. The van der Waals surface area contributed by atoms with Crippen molar-refractivity contribution in [2.24, 2.45) is 35.0 Å². The Labute approximate surface area is 153 Å². The van der Waals surface area contributed by atoms with Gasteiger partial charge in [0.25, 0.3) is 0 Å². The summed E-state index contributed by atoms with van der Waals surface area (Å²) in [7, 11) is 0. The summed E-state index contributed by atoms with van der Waals surface area (Å²) in [6.45, 7) is 10.8. The zero-order valence-electron chi connectivity index (χ0n) is 16.7.